The molecule has 7 aliphatic heterocycles. The van der Waals surface area contributed by atoms with Gasteiger partial charge in [0.15, 0.2) is 28.4 Å². The maximum atomic E-state index is 12.5. The van der Waals surface area contributed by atoms with Crippen molar-refractivity contribution in [3.05, 3.63) is 200 Å². The Morgan fingerprint density at radius 3 is 1.67 bits per heavy atom. The van der Waals surface area contributed by atoms with Gasteiger partial charge in [-0.3, -0.25) is 34.1 Å². The van der Waals surface area contributed by atoms with Crippen molar-refractivity contribution in [2.24, 2.45) is 0 Å². The summed E-state index contributed by atoms with van der Waals surface area (Å²) < 4.78 is 46.9. The van der Waals surface area contributed by atoms with Gasteiger partial charge in [0.05, 0.1) is 104 Å². The van der Waals surface area contributed by atoms with Crippen molar-refractivity contribution in [1.29, 1.82) is 0 Å². The topological polar surface area (TPSA) is 267 Å². The molecule has 24 heteroatoms. The summed E-state index contributed by atoms with van der Waals surface area (Å²) in [4.78, 5) is 77.9. The van der Waals surface area contributed by atoms with Crippen LogP contribution in [-0.2, 0) is 16.8 Å². The largest absolute Gasteiger partial charge is 1.00 e. The summed E-state index contributed by atoms with van der Waals surface area (Å²) in [6.45, 7) is 1.48. The van der Waals surface area contributed by atoms with Gasteiger partial charge in [-0.25, -0.2) is 8.42 Å². The molecule has 0 radical (unpaired) electrons. The second-order valence-corrected chi connectivity index (χ2v) is 21.1. The zero-order valence-corrected chi connectivity index (χ0v) is 45.9. The van der Waals surface area contributed by atoms with Crippen LogP contribution in [0.1, 0.15) is 41.4 Å². The molecule has 4 N–H and O–H groups in total. The van der Waals surface area contributed by atoms with E-state index in [0.29, 0.717) is 70.2 Å². The number of ether oxygens (including phenoxy) is 2. The van der Waals surface area contributed by atoms with E-state index >= 15 is 0 Å². The molecule has 16 rings (SSSR count). The molecule has 4 amide bonds. The molecule has 9 aromatic rings. The third kappa shape index (κ3) is 9.01. The average Bonchev–Trinajstić information content (AvgIpc) is 3.50. The van der Waals surface area contributed by atoms with Gasteiger partial charge in [0.25, 0.3) is 29.3 Å². The summed E-state index contributed by atoms with van der Waals surface area (Å²) in [5.41, 5.74) is 8.81. The van der Waals surface area contributed by atoms with E-state index in [4.69, 9.17) is 9.47 Å². The van der Waals surface area contributed by atoms with Crippen LogP contribution in [0.5, 0.6) is 23.0 Å². The number of rotatable bonds is 2. The maximum absolute atomic E-state index is 12.5. The van der Waals surface area contributed by atoms with Crippen LogP contribution in [0.25, 0.3) is 21.8 Å². The van der Waals surface area contributed by atoms with Gasteiger partial charge in [0.1, 0.15) is 10.1 Å². The Labute approximate surface area is 485 Å². The van der Waals surface area contributed by atoms with E-state index in [1.54, 1.807) is 54.6 Å². The number of fused-ring (bicyclic) bond motifs is 8. The number of nitrogens with zero attached hydrogens (tertiary/aromatic N) is 5. The molecule has 0 saturated carbocycles. The van der Waals surface area contributed by atoms with Crippen LogP contribution >= 0.6 is 11.8 Å². The molecular weight excluding hydrogens is 1090 g/mol. The van der Waals surface area contributed by atoms with Crippen LogP contribution in [0, 0.1) is 10.1 Å². The fourth-order valence-corrected chi connectivity index (χ4v) is 12.2. The van der Waals surface area contributed by atoms with Gasteiger partial charge in [-0.2, -0.15) is 0 Å². The molecule has 0 unspecified atom stereocenters. The number of hydrogen-bond donors (Lipinski definition) is 4. The Morgan fingerprint density at radius 2 is 1.00 bits per heavy atom. The number of pyridine rings is 1. The van der Waals surface area contributed by atoms with Gasteiger partial charge < -0.3 is 54.6 Å². The van der Waals surface area contributed by atoms with Crippen molar-refractivity contribution in [3.63, 3.8) is 0 Å². The van der Waals surface area contributed by atoms with Crippen molar-refractivity contribution in [3.8, 4) is 23.0 Å². The number of amides is 4. The summed E-state index contributed by atoms with van der Waals surface area (Å²) >= 11 is 1.46. The molecule has 396 valence electrons. The standard InChI is InChI=1S/C15H10N2O2.C14H9N3O3S.C14H10N2O5S.C14H10N2O2.Na/c18-14-9-4-1-2-7-12(9)17-8-16-15(19)11-6-3-5-10(14)13(11)17;18-14-9-2-1-3-11-13(9)16(7-15-14)10-5-4-8(17(19)20)6-12(10)21-11;17-14-9-2-1-3-11-13(9)16(7-15-14)10-5-4-8(22(18,19)20)6-12(10)21-11;17-14-9-4-3-7-12-13(9)16(8-15-14)10-5-1-2-6-11(10)18-12;/h1-7H,8H2,(H,16,19);1-6H,7H2,(H,15,18);1-6H,7H2,(H,15,17)(H,18,19,20);1-7H,8H2,(H,15,17);/q;;;;+1/p-1. The first-order valence-electron chi connectivity index (χ1n) is 24.6. The van der Waals surface area contributed by atoms with Gasteiger partial charge in [-0.05, 0) is 91.0 Å². The van der Waals surface area contributed by atoms with Gasteiger partial charge in [-0.15, -0.1) is 0 Å². The molecule has 8 heterocycles. The summed E-state index contributed by atoms with van der Waals surface area (Å²) in [6.07, 6.45) is 0. The number of carbonyl (C=O) groups is 4. The van der Waals surface area contributed by atoms with Gasteiger partial charge in [-0.1, -0.05) is 60.3 Å². The molecule has 0 spiro atoms. The number of hydrogen-bond acceptors (Lipinski definition) is 16. The molecule has 8 aromatic carbocycles. The van der Waals surface area contributed by atoms with Crippen LogP contribution in [0.3, 0.4) is 0 Å². The van der Waals surface area contributed by atoms with Crippen LogP contribution in [0.15, 0.2) is 177 Å². The second kappa shape index (κ2) is 20.5. The first-order chi connectivity index (χ1) is 38.7. The van der Waals surface area contributed by atoms with E-state index in [1.807, 2.05) is 93.2 Å². The normalized spacial score (nSPS) is 14.8. The summed E-state index contributed by atoms with van der Waals surface area (Å²) in [5.74, 6) is 1.80. The van der Waals surface area contributed by atoms with E-state index in [9.17, 15) is 47.1 Å². The zero-order chi connectivity index (χ0) is 55.1. The van der Waals surface area contributed by atoms with E-state index in [1.165, 1.54) is 36.0 Å². The molecule has 7 aliphatic rings. The first-order valence-corrected chi connectivity index (χ1v) is 26.8. The van der Waals surface area contributed by atoms with Gasteiger partial charge in [0, 0.05) is 38.8 Å². The number of nitro groups is 1. The number of non-ortho nitro benzene ring substituents is 1. The van der Waals surface area contributed by atoms with Crippen molar-refractivity contribution in [2.75, 3.05) is 34.7 Å². The number of benzene rings is 8. The van der Waals surface area contributed by atoms with Crippen LogP contribution in [-0.4, -0.2) is 66.1 Å². The summed E-state index contributed by atoms with van der Waals surface area (Å²) in [6, 6.07) is 45.5. The number of nitrogens with one attached hydrogen (secondary N) is 4. The van der Waals surface area contributed by atoms with Gasteiger partial charge >= 0.3 is 29.6 Å². The fraction of sp³-hybridized carbons (Fsp3) is 0.0702. The zero-order valence-electron chi connectivity index (χ0n) is 42.3. The quantitative estimate of drug-likeness (QED) is 0.0514. The predicted molar refractivity (Wildman–Crippen MR) is 294 cm³/mol. The van der Waals surface area contributed by atoms with Gasteiger partial charge in [0.2, 0.25) is 0 Å². The monoisotopic (exact) mass is 1130 g/mol. The van der Waals surface area contributed by atoms with Crippen molar-refractivity contribution in [2.45, 2.75) is 21.4 Å². The molecule has 0 bridgehead atoms. The van der Waals surface area contributed by atoms with E-state index in [-0.39, 0.29) is 81.6 Å². The Bertz CT molecular complexity index is 4430. The minimum atomic E-state index is -4.56. The average molecular weight is 1130 g/mol. The molecule has 0 saturated heterocycles. The molecule has 1 aromatic heterocycles. The third-order valence-electron chi connectivity index (χ3n) is 14.1. The van der Waals surface area contributed by atoms with E-state index in [2.05, 4.69) is 26.2 Å². The second-order valence-electron chi connectivity index (χ2n) is 18.6. The Morgan fingerprint density at radius 1 is 0.494 bits per heavy atom. The molecule has 0 fully saturated rings. The minimum absolute atomic E-state index is 0. The number of para-hydroxylation sites is 7. The number of anilines is 6. The number of aromatic nitrogens is 1. The van der Waals surface area contributed by atoms with Crippen LogP contribution < -0.4 is 80.4 Å². The van der Waals surface area contributed by atoms with Crippen LogP contribution in [0.4, 0.5) is 39.8 Å². The molecule has 0 aliphatic carbocycles. The summed E-state index contributed by atoms with van der Waals surface area (Å²) in [7, 11) is -4.56. The van der Waals surface area contributed by atoms with Crippen LogP contribution in [0.2, 0.25) is 0 Å². The summed E-state index contributed by atoms with van der Waals surface area (Å²) in [5, 5.41) is 23.5. The molecule has 81 heavy (non-hydrogen) atoms. The molecule has 21 nitrogen and oxygen atoms in total. The van der Waals surface area contributed by atoms with Crippen molar-refractivity contribution >= 4 is 107 Å². The first kappa shape index (κ1) is 52.5. The molecular formula is C57H38N9NaO12S2. The SMILES string of the molecule is O=C1NCN2c3ccc(S(=O)(=O)[O-])cc3Oc3cccc1c32.O=C1NCN2c3ccc([N+](=O)[O-])cc3Sc3cccc1c32.O=C1NCN2c3ccccc3Oc3cccc1c32.O=C1NCn2c3ccccc3c(=O)c3cccc1c32.[Na+]. The number of carbonyl (C=O) groups excluding carboxylic acids is 4. The number of nitro benzene ring substituents is 1. The van der Waals surface area contributed by atoms with E-state index < -0.39 is 15.0 Å². The fourth-order valence-electron chi connectivity index (χ4n) is 10.6. The third-order valence-corrected chi connectivity index (χ3v) is 16.1. The maximum Gasteiger partial charge on any atom is 1.00 e. The van der Waals surface area contributed by atoms with Crippen molar-refractivity contribution in [1.82, 2.24) is 25.8 Å². The molecule has 0 atom stereocenters. The Hall–Kier alpha value is -9.23. The minimum Gasteiger partial charge on any atom is -0.744 e. The Balaban J connectivity index is 0.000000107. The predicted octanol–water partition coefficient (Wildman–Crippen LogP) is 5.92. The smallest absolute Gasteiger partial charge is 0.744 e. The Kier molecular flexibility index (Phi) is 13.3. The van der Waals surface area contributed by atoms with Crippen molar-refractivity contribution < 1.29 is 76.1 Å². The van der Waals surface area contributed by atoms with E-state index in [0.717, 1.165) is 55.1 Å².